The van der Waals surface area contributed by atoms with Crippen molar-refractivity contribution in [3.63, 3.8) is 0 Å². The lowest BCUT2D eigenvalue weighted by Crippen LogP contribution is -2.35. The Hall–Kier alpha value is -2.44. The van der Waals surface area contributed by atoms with Gasteiger partial charge in [0.2, 0.25) is 0 Å². The van der Waals surface area contributed by atoms with Crippen LogP contribution in [0.2, 0.25) is 5.02 Å². The first-order valence-corrected chi connectivity index (χ1v) is 10.2. The molecule has 0 atom stereocenters. The first kappa shape index (κ1) is 21.3. The summed E-state index contributed by atoms with van der Waals surface area (Å²) in [4.78, 5) is 11.5. The maximum Gasteiger partial charge on any atom is 0.425 e. The molecular weight excluding hydrogens is 458 g/mol. The normalized spacial score (nSPS) is 16.3. The fraction of sp³-hybridized carbons (Fsp3) is 0.125. The molecule has 1 aliphatic rings. The van der Waals surface area contributed by atoms with Crippen LogP contribution in [0.4, 0.5) is 23.2 Å². The Labute approximate surface area is 171 Å². The van der Waals surface area contributed by atoms with Gasteiger partial charge in [-0.25, -0.2) is 8.70 Å². The van der Waals surface area contributed by atoms with Gasteiger partial charge in [0.25, 0.3) is 5.91 Å². The number of halogens is 5. The van der Waals surface area contributed by atoms with Crippen LogP contribution < -0.4 is 5.32 Å². The lowest BCUT2D eigenvalue weighted by Gasteiger charge is -2.23. The van der Waals surface area contributed by atoms with Crippen LogP contribution in [0.5, 0.6) is 0 Å². The molecule has 13 heteroatoms. The summed E-state index contributed by atoms with van der Waals surface area (Å²) in [5.74, 6) is -1.62. The molecule has 1 aromatic carbocycles. The van der Waals surface area contributed by atoms with Gasteiger partial charge in [-0.15, -0.1) is 15.7 Å². The van der Waals surface area contributed by atoms with E-state index in [9.17, 15) is 30.8 Å². The van der Waals surface area contributed by atoms with Gasteiger partial charge in [0, 0.05) is 12.7 Å². The minimum Gasteiger partial charge on any atom is -0.321 e. The predicted octanol–water partition coefficient (Wildman–Crippen LogP) is 4.06. The highest BCUT2D eigenvalue weighted by Gasteiger charge is 2.34. The molecule has 0 aliphatic carbocycles. The van der Waals surface area contributed by atoms with Crippen LogP contribution in [0, 0.1) is 5.82 Å². The highest BCUT2D eigenvalue weighted by molar-refractivity contribution is 7.88. The molecule has 0 fully saturated rings. The molecule has 1 N–H and O–H groups in total. The lowest BCUT2D eigenvalue weighted by atomic mass is 10.2. The summed E-state index contributed by atoms with van der Waals surface area (Å²) in [6.45, 7) is 0. The number of likely N-dealkylation sites (N-methyl/N-ethyl adjacent to an activating group) is 1. The van der Waals surface area contributed by atoms with Gasteiger partial charge in [-0.2, -0.15) is 21.6 Å². The second-order valence-corrected chi connectivity index (χ2v) is 8.81. The van der Waals surface area contributed by atoms with Crippen LogP contribution in [0.3, 0.4) is 0 Å². The van der Waals surface area contributed by atoms with Crippen molar-refractivity contribution in [1.29, 1.82) is 0 Å². The fourth-order valence-electron chi connectivity index (χ4n) is 2.28. The number of amides is 1. The average Bonchev–Trinajstić information content (AvgIpc) is 3.11. The van der Waals surface area contributed by atoms with E-state index in [2.05, 4.69) is 9.71 Å². The van der Waals surface area contributed by atoms with E-state index in [0.717, 1.165) is 37.4 Å². The number of rotatable bonds is 3. The van der Waals surface area contributed by atoms with Crippen LogP contribution in [0.15, 0.2) is 46.5 Å². The van der Waals surface area contributed by atoms with Crippen molar-refractivity contribution >= 4 is 50.5 Å². The van der Waals surface area contributed by atoms with Gasteiger partial charge in [0.1, 0.15) is 16.4 Å². The van der Waals surface area contributed by atoms with E-state index in [-0.39, 0.29) is 21.3 Å². The number of benzene rings is 1. The number of hydrogen-bond donors (Lipinski definition) is 1. The van der Waals surface area contributed by atoms with Gasteiger partial charge in [0.05, 0.1) is 15.6 Å². The van der Waals surface area contributed by atoms with Crippen LogP contribution in [0.1, 0.15) is 9.75 Å². The highest BCUT2D eigenvalue weighted by Crippen LogP contribution is 2.35. The Balaban J connectivity index is 1.96. The zero-order chi connectivity index (χ0) is 21.6. The number of carbonyl (C=O) groups is 1. The molecule has 0 saturated carbocycles. The molecule has 0 spiro atoms. The maximum absolute atomic E-state index is 13.2. The molecule has 2 aromatic rings. The Bertz CT molecular complexity index is 1160. The van der Waals surface area contributed by atoms with Gasteiger partial charge >= 0.3 is 16.4 Å². The van der Waals surface area contributed by atoms with Gasteiger partial charge in [-0.3, -0.25) is 4.79 Å². The first-order valence-electron chi connectivity index (χ1n) is 7.63. The average molecular weight is 468 g/mol. The van der Waals surface area contributed by atoms with E-state index in [4.69, 9.17) is 11.6 Å². The van der Waals surface area contributed by atoms with E-state index in [0.29, 0.717) is 15.6 Å². The molecule has 0 unspecified atom stereocenters. The zero-order valence-corrected chi connectivity index (χ0v) is 16.7. The number of nitrogens with zero attached hydrogens (tertiary/aromatic N) is 2. The number of carbonyl (C=O) groups excluding carboxylic acids is 1. The fourth-order valence-corrected chi connectivity index (χ4v) is 4.26. The smallest absolute Gasteiger partial charge is 0.321 e. The third-order valence-corrected chi connectivity index (χ3v) is 6.48. The quantitative estimate of drug-likeness (QED) is 0.691. The van der Waals surface area contributed by atoms with Crippen LogP contribution in [-0.2, 0) is 21.2 Å². The molecule has 1 aliphatic heterocycles. The summed E-state index contributed by atoms with van der Waals surface area (Å²) in [7, 11) is -3.29. The van der Waals surface area contributed by atoms with Gasteiger partial charge in [0.15, 0.2) is 0 Å². The standard InChI is InChI=1S/C16H10ClF4N3O3S2/c1-24-12(15(25)22-8-2-3-10(18)9(17)6-8)7-11(23-29(24,26)27)13-4-5-14(28-13)16(19,20)21/h2-7H,1H3,(H,22,25). The maximum atomic E-state index is 13.2. The summed E-state index contributed by atoms with van der Waals surface area (Å²) in [6.07, 6.45) is -3.55. The Kier molecular flexibility index (Phi) is 5.45. The summed E-state index contributed by atoms with van der Waals surface area (Å²) in [6, 6.07) is 5.20. The van der Waals surface area contributed by atoms with E-state index >= 15 is 0 Å². The largest absolute Gasteiger partial charge is 0.425 e. The van der Waals surface area contributed by atoms with E-state index in [1.165, 1.54) is 6.07 Å². The van der Waals surface area contributed by atoms with Crippen molar-refractivity contribution in [2.45, 2.75) is 6.18 Å². The molecule has 1 amide bonds. The number of hydrogen-bond acceptors (Lipinski definition) is 4. The lowest BCUT2D eigenvalue weighted by molar-refractivity contribution is -0.134. The Morgan fingerprint density at radius 1 is 1.24 bits per heavy atom. The molecular formula is C16H10ClF4N3O3S2. The SMILES string of the molecule is CN1C(C(=O)Nc2ccc(F)c(Cl)c2)=CC(c2ccc(C(F)(F)F)s2)=NS1(=O)=O. The third kappa shape index (κ3) is 4.43. The summed E-state index contributed by atoms with van der Waals surface area (Å²) in [5.41, 5.74) is -0.615. The van der Waals surface area contributed by atoms with Gasteiger partial charge < -0.3 is 5.32 Å². The first-order chi connectivity index (χ1) is 13.4. The molecule has 154 valence electrons. The van der Waals surface area contributed by atoms with Crippen molar-refractivity contribution < 1.29 is 30.8 Å². The van der Waals surface area contributed by atoms with Crippen molar-refractivity contribution in [3.05, 3.63) is 62.7 Å². The highest BCUT2D eigenvalue weighted by atomic mass is 35.5. The van der Waals surface area contributed by atoms with Crippen LogP contribution >= 0.6 is 22.9 Å². The molecule has 0 bridgehead atoms. The van der Waals surface area contributed by atoms with Crippen LogP contribution in [-0.4, -0.2) is 31.4 Å². The summed E-state index contributed by atoms with van der Waals surface area (Å²) in [5, 5.41) is 2.09. The number of nitrogens with one attached hydrogen (secondary N) is 1. The Morgan fingerprint density at radius 2 is 1.93 bits per heavy atom. The summed E-state index contributed by atoms with van der Waals surface area (Å²) < 4.78 is 80.3. The summed E-state index contributed by atoms with van der Waals surface area (Å²) >= 11 is 5.94. The number of allylic oxidation sites excluding steroid dienone is 1. The molecule has 2 heterocycles. The third-order valence-electron chi connectivity index (χ3n) is 3.72. The predicted molar refractivity (Wildman–Crippen MR) is 101 cm³/mol. The minimum absolute atomic E-state index is 0.0795. The molecule has 3 rings (SSSR count). The van der Waals surface area contributed by atoms with Gasteiger partial charge in [-0.05, 0) is 36.4 Å². The second-order valence-electron chi connectivity index (χ2n) is 5.70. The van der Waals surface area contributed by atoms with Crippen molar-refractivity contribution in [2.24, 2.45) is 4.40 Å². The van der Waals surface area contributed by atoms with Gasteiger partial charge in [-0.1, -0.05) is 11.6 Å². The second kappa shape index (κ2) is 7.43. The minimum atomic E-state index is -4.60. The van der Waals surface area contributed by atoms with Crippen molar-refractivity contribution in [1.82, 2.24) is 4.31 Å². The molecule has 0 radical (unpaired) electrons. The topological polar surface area (TPSA) is 78.8 Å². The number of alkyl halides is 3. The number of thiophene rings is 1. The number of anilines is 1. The van der Waals surface area contributed by atoms with E-state index < -0.39 is 38.7 Å². The van der Waals surface area contributed by atoms with Crippen molar-refractivity contribution in [3.8, 4) is 0 Å². The molecule has 29 heavy (non-hydrogen) atoms. The van der Waals surface area contributed by atoms with E-state index in [1.54, 1.807) is 0 Å². The molecule has 0 saturated heterocycles. The molecule has 6 nitrogen and oxygen atoms in total. The van der Waals surface area contributed by atoms with Crippen LogP contribution in [0.25, 0.3) is 0 Å². The van der Waals surface area contributed by atoms with Crippen molar-refractivity contribution in [2.75, 3.05) is 12.4 Å². The monoisotopic (exact) mass is 467 g/mol. The Morgan fingerprint density at radius 3 is 2.52 bits per heavy atom. The molecule has 1 aromatic heterocycles. The van der Waals surface area contributed by atoms with E-state index in [1.807, 2.05) is 0 Å². The zero-order valence-electron chi connectivity index (χ0n) is 14.3.